The molecule has 4 aromatic carbocycles. The summed E-state index contributed by atoms with van der Waals surface area (Å²) in [5, 5.41) is 17.3. The number of anilines is 2. The Kier molecular flexibility index (Phi) is 6.04. The number of carboxylic acids is 1. The first kappa shape index (κ1) is 23.7. The first-order valence-corrected chi connectivity index (χ1v) is 12.8. The van der Waals surface area contributed by atoms with Crippen LogP contribution in [0, 0.1) is 6.92 Å². The van der Waals surface area contributed by atoms with Crippen molar-refractivity contribution in [1.29, 1.82) is 0 Å². The fourth-order valence-corrected chi connectivity index (χ4v) is 5.00. The van der Waals surface area contributed by atoms with Gasteiger partial charge in [-0.1, -0.05) is 96.2 Å². The lowest BCUT2D eigenvalue weighted by Gasteiger charge is -2.11. The highest BCUT2D eigenvalue weighted by Crippen LogP contribution is 2.48. The Hall–Kier alpha value is -4.64. The highest BCUT2D eigenvalue weighted by atomic mass is 16.5. The molecule has 1 aliphatic carbocycles. The number of hydrogen-bond donors (Lipinski definition) is 2. The number of aromatic nitrogens is 1. The van der Waals surface area contributed by atoms with Crippen LogP contribution in [-0.2, 0) is 16.6 Å². The average molecular weight is 501 g/mol. The highest BCUT2D eigenvalue weighted by molar-refractivity contribution is 5.85. The van der Waals surface area contributed by atoms with Crippen molar-refractivity contribution in [2.75, 3.05) is 5.32 Å². The summed E-state index contributed by atoms with van der Waals surface area (Å²) in [4.78, 5) is 11.6. The molecule has 1 heterocycles. The van der Waals surface area contributed by atoms with Crippen molar-refractivity contribution in [2.45, 2.75) is 31.6 Å². The van der Waals surface area contributed by atoms with Crippen molar-refractivity contribution in [1.82, 2.24) is 5.16 Å². The van der Waals surface area contributed by atoms with Crippen molar-refractivity contribution in [2.24, 2.45) is 0 Å². The molecule has 0 radical (unpaired) electrons. The summed E-state index contributed by atoms with van der Waals surface area (Å²) in [6.45, 7) is 1.93. The molecule has 1 aromatic heterocycles. The Morgan fingerprint density at radius 3 is 2.13 bits per heavy atom. The standard InChI is InChI=1S/C33H28N2O3/c1-22-30(34-29-9-5-8-24(21-29)20-23-6-3-2-4-7-23)31(38-35-22)27-12-10-25(11-13-27)26-14-16-28(17-15-26)33(18-19-33)32(36)37/h2-17,21,34H,18-20H2,1H3,(H,36,37). The Morgan fingerprint density at radius 2 is 1.47 bits per heavy atom. The van der Waals surface area contributed by atoms with Crippen molar-refractivity contribution >= 4 is 17.3 Å². The molecular weight excluding hydrogens is 472 g/mol. The van der Waals surface area contributed by atoms with Gasteiger partial charge in [-0.15, -0.1) is 0 Å². The number of carbonyl (C=O) groups is 1. The Morgan fingerprint density at radius 1 is 0.842 bits per heavy atom. The lowest BCUT2D eigenvalue weighted by Crippen LogP contribution is -2.19. The molecule has 0 spiro atoms. The van der Waals surface area contributed by atoms with E-state index in [1.54, 1.807) is 0 Å². The molecular formula is C33H28N2O3. The summed E-state index contributed by atoms with van der Waals surface area (Å²) < 4.78 is 5.74. The maximum Gasteiger partial charge on any atom is 0.314 e. The maximum atomic E-state index is 11.6. The second kappa shape index (κ2) is 9.67. The Balaban J connectivity index is 1.21. The van der Waals surface area contributed by atoms with E-state index >= 15 is 0 Å². The molecule has 1 saturated carbocycles. The van der Waals surface area contributed by atoms with Gasteiger partial charge in [-0.05, 0) is 66.1 Å². The lowest BCUT2D eigenvalue weighted by molar-refractivity contribution is -0.140. The van der Waals surface area contributed by atoms with E-state index in [0.717, 1.165) is 45.7 Å². The molecule has 38 heavy (non-hydrogen) atoms. The van der Waals surface area contributed by atoms with Gasteiger partial charge < -0.3 is 14.9 Å². The zero-order chi connectivity index (χ0) is 26.1. The predicted octanol–water partition coefficient (Wildman–Crippen LogP) is 7.77. The molecule has 5 nitrogen and oxygen atoms in total. The van der Waals surface area contributed by atoms with Gasteiger partial charge in [-0.25, -0.2) is 0 Å². The highest BCUT2D eigenvalue weighted by Gasteiger charge is 2.51. The monoisotopic (exact) mass is 500 g/mol. The summed E-state index contributed by atoms with van der Waals surface area (Å²) in [5.41, 5.74) is 8.35. The van der Waals surface area contributed by atoms with Gasteiger partial charge in [0.15, 0.2) is 5.76 Å². The molecule has 0 atom stereocenters. The minimum Gasteiger partial charge on any atom is -0.481 e. The van der Waals surface area contributed by atoms with Crippen molar-refractivity contribution in [3.05, 3.63) is 126 Å². The fraction of sp³-hybridized carbons (Fsp3) is 0.152. The summed E-state index contributed by atoms with van der Waals surface area (Å²) in [6, 6.07) is 34.9. The Labute approximate surface area is 221 Å². The molecule has 0 unspecified atom stereocenters. The smallest absolute Gasteiger partial charge is 0.314 e. The normalized spacial score (nSPS) is 13.7. The third kappa shape index (κ3) is 4.59. The SMILES string of the molecule is Cc1noc(-c2ccc(-c3ccc(C4(C(=O)O)CC4)cc3)cc2)c1Nc1cccc(Cc2ccccc2)c1. The van der Waals surface area contributed by atoms with Gasteiger partial charge in [-0.2, -0.15) is 0 Å². The number of aryl methyl sites for hydroxylation is 1. The summed E-state index contributed by atoms with van der Waals surface area (Å²) >= 11 is 0. The lowest BCUT2D eigenvalue weighted by atomic mass is 9.93. The van der Waals surface area contributed by atoms with Crippen LogP contribution in [-0.4, -0.2) is 16.2 Å². The molecule has 0 saturated heterocycles. The molecule has 0 bridgehead atoms. The van der Waals surface area contributed by atoms with Crippen molar-refractivity contribution in [3.8, 4) is 22.5 Å². The van der Waals surface area contributed by atoms with Crippen LogP contribution in [0.4, 0.5) is 11.4 Å². The third-order valence-corrected chi connectivity index (χ3v) is 7.39. The maximum absolute atomic E-state index is 11.6. The van der Waals surface area contributed by atoms with Gasteiger partial charge in [0.05, 0.1) is 5.41 Å². The van der Waals surface area contributed by atoms with E-state index in [1.165, 1.54) is 11.1 Å². The van der Waals surface area contributed by atoms with Crippen LogP contribution >= 0.6 is 0 Å². The molecule has 5 heteroatoms. The van der Waals surface area contributed by atoms with E-state index in [-0.39, 0.29) is 0 Å². The van der Waals surface area contributed by atoms with E-state index in [9.17, 15) is 9.90 Å². The van der Waals surface area contributed by atoms with E-state index in [2.05, 4.69) is 65.1 Å². The van der Waals surface area contributed by atoms with Gasteiger partial charge in [0.2, 0.25) is 0 Å². The van der Waals surface area contributed by atoms with Crippen LogP contribution in [0.1, 0.15) is 35.2 Å². The fourth-order valence-electron chi connectivity index (χ4n) is 5.00. The zero-order valence-electron chi connectivity index (χ0n) is 21.1. The van der Waals surface area contributed by atoms with Gasteiger partial charge in [0.25, 0.3) is 0 Å². The number of nitrogens with zero attached hydrogens (tertiary/aromatic N) is 1. The summed E-state index contributed by atoms with van der Waals surface area (Å²) in [6.07, 6.45) is 2.28. The second-order valence-corrected chi connectivity index (χ2v) is 10.0. The van der Waals surface area contributed by atoms with Gasteiger partial charge >= 0.3 is 5.97 Å². The number of aliphatic carboxylic acids is 1. The van der Waals surface area contributed by atoms with E-state index < -0.39 is 11.4 Å². The molecule has 2 N–H and O–H groups in total. The molecule has 6 rings (SSSR count). The topological polar surface area (TPSA) is 75.4 Å². The van der Waals surface area contributed by atoms with Crippen LogP contribution in [0.25, 0.3) is 22.5 Å². The van der Waals surface area contributed by atoms with Gasteiger partial charge in [-0.3, -0.25) is 4.79 Å². The third-order valence-electron chi connectivity index (χ3n) is 7.39. The minimum atomic E-state index is -0.732. The van der Waals surface area contributed by atoms with E-state index in [4.69, 9.17) is 4.52 Å². The number of benzene rings is 4. The number of rotatable bonds is 8. The molecule has 0 amide bonds. The molecule has 0 aliphatic heterocycles. The largest absolute Gasteiger partial charge is 0.481 e. The average Bonchev–Trinajstić information content (AvgIpc) is 3.69. The summed E-state index contributed by atoms with van der Waals surface area (Å²) in [7, 11) is 0. The van der Waals surface area contributed by atoms with Crippen molar-refractivity contribution in [3.63, 3.8) is 0 Å². The van der Waals surface area contributed by atoms with Crippen LogP contribution < -0.4 is 5.32 Å². The quantitative estimate of drug-likeness (QED) is 0.228. The first-order valence-electron chi connectivity index (χ1n) is 12.8. The first-order chi connectivity index (χ1) is 18.5. The van der Waals surface area contributed by atoms with Crippen molar-refractivity contribution < 1.29 is 14.4 Å². The molecule has 1 fully saturated rings. The van der Waals surface area contributed by atoms with Crippen LogP contribution in [0.2, 0.25) is 0 Å². The van der Waals surface area contributed by atoms with Crippen LogP contribution in [0.15, 0.2) is 108 Å². The zero-order valence-corrected chi connectivity index (χ0v) is 21.1. The predicted molar refractivity (Wildman–Crippen MR) is 150 cm³/mol. The summed E-state index contributed by atoms with van der Waals surface area (Å²) in [5.74, 6) is -0.0423. The van der Waals surface area contributed by atoms with Crippen LogP contribution in [0.5, 0.6) is 0 Å². The second-order valence-electron chi connectivity index (χ2n) is 10.0. The number of carboxylic acid groups (broad SMARTS) is 1. The molecule has 5 aromatic rings. The number of hydrogen-bond acceptors (Lipinski definition) is 4. The Bertz CT molecular complexity index is 1580. The van der Waals surface area contributed by atoms with Gasteiger partial charge in [0, 0.05) is 11.3 Å². The molecule has 188 valence electrons. The minimum absolute atomic E-state index is 0.684. The number of nitrogens with one attached hydrogen (secondary N) is 1. The van der Waals surface area contributed by atoms with Crippen LogP contribution in [0.3, 0.4) is 0 Å². The molecule has 1 aliphatic rings. The van der Waals surface area contributed by atoms with Gasteiger partial charge in [0.1, 0.15) is 11.4 Å². The van der Waals surface area contributed by atoms with E-state index in [1.807, 2.05) is 55.5 Å². The van der Waals surface area contributed by atoms with E-state index in [0.29, 0.717) is 18.6 Å².